The molecule has 1 unspecified atom stereocenters. The maximum atomic E-state index is 11.9. The number of hydrogen-bond donors (Lipinski definition) is 1. The van der Waals surface area contributed by atoms with Gasteiger partial charge in [0.15, 0.2) is 12.1 Å². The average molecular weight is 311 g/mol. The highest BCUT2D eigenvalue weighted by molar-refractivity contribution is 9.10. The van der Waals surface area contributed by atoms with Gasteiger partial charge >= 0.3 is 5.97 Å². The number of carboxylic acid groups (broad SMARTS) is 1. The van der Waals surface area contributed by atoms with E-state index in [0.717, 1.165) is 6.08 Å². The minimum Gasteiger partial charge on any atom is -0.478 e. The van der Waals surface area contributed by atoms with Crippen LogP contribution in [0.2, 0.25) is 0 Å². The third-order valence-electron chi connectivity index (χ3n) is 2.29. The molecule has 0 radical (unpaired) electrons. The lowest BCUT2D eigenvalue weighted by molar-refractivity contribution is -0.131. The Bertz CT molecular complexity index is 518. The molecule has 0 aliphatic rings. The maximum absolute atomic E-state index is 11.9. The lowest BCUT2D eigenvalue weighted by Crippen LogP contribution is -2.12. The second-order valence-electron chi connectivity index (χ2n) is 3.58. The van der Waals surface area contributed by atoms with E-state index in [-0.39, 0.29) is 11.3 Å². The van der Waals surface area contributed by atoms with Gasteiger partial charge in [0.25, 0.3) is 0 Å². The predicted octanol–water partition coefficient (Wildman–Crippen LogP) is 2.56. The summed E-state index contributed by atoms with van der Waals surface area (Å²) in [5.41, 5.74) is 0.930. The van der Waals surface area contributed by atoms with Crippen LogP contribution >= 0.6 is 15.9 Å². The molecule has 0 bridgehead atoms. The molecule has 0 aliphatic heterocycles. The van der Waals surface area contributed by atoms with Crippen molar-refractivity contribution in [2.75, 3.05) is 0 Å². The van der Waals surface area contributed by atoms with E-state index in [1.165, 1.54) is 12.1 Å². The van der Waals surface area contributed by atoms with Crippen LogP contribution in [0.15, 0.2) is 24.3 Å². The minimum absolute atomic E-state index is 0.205. The first kappa shape index (κ1) is 14.3. The van der Waals surface area contributed by atoms with E-state index >= 15 is 0 Å². The number of rotatable bonds is 5. The first-order chi connectivity index (χ1) is 8.47. The number of benzene rings is 1. The molecule has 94 valence electrons. The molecular weight excluding hydrogens is 300 g/mol. The molecule has 1 aromatic carbocycles. The van der Waals surface area contributed by atoms with Gasteiger partial charge < -0.3 is 5.11 Å². The zero-order valence-electron chi connectivity index (χ0n) is 9.59. The zero-order chi connectivity index (χ0) is 13.7. The quantitative estimate of drug-likeness (QED) is 0.393. The van der Waals surface area contributed by atoms with Crippen LogP contribution < -0.4 is 0 Å². The number of carboxylic acids is 1. The van der Waals surface area contributed by atoms with E-state index in [2.05, 4.69) is 15.9 Å². The highest BCUT2D eigenvalue weighted by atomic mass is 79.9. The first-order valence-corrected chi connectivity index (χ1v) is 6.06. The molecule has 0 saturated heterocycles. The molecule has 0 aliphatic carbocycles. The van der Waals surface area contributed by atoms with Crippen LogP contribution in [0.3, 0.4) is 0 Å². The number of carbonyl (C=O) groups excluding carboxylic acids is 2. The molecule has 18 heavy (non-hydrogen) atoms. The standard InChI is InChI=1S/C13H11BrO4/c1-8(14)13(18)11-4-2-3-9(7-15)10(11)5-6-12(16)17/h2-8H,1H3,(H,16,17). The van der Waals surface area contributed by atoms with Crippen molar-refractivity contribution in [2.45, 2.75) is 11.8 Å². The van der Waals surface area contributed by atoms with Crippen LogP contribution in [0.1, 0.15) is 33.2 Å². The molecule has 0 heterocycles. The van der Waals surface area contributed by atoms with E-state index in [1.54, 1.807) is 19.1 Å². The molecule has 0 saturated carbocycles. The Morgan fingerprint density at radius 3 is 2.56 bits per heavy atom. The third kappa shape index (κ3) is 3.37. The largest absolute Gasteiger partial charge is 0.478 e. The SMILES string of the molecule is CC(Br)C(=O)c1cccc(C=O)c1C=CC(=O)O. The first-order valence-electron chi connectivity index (χ1n) is 5.15. The molecule has 1 aromatic rings. The van der Waals surface area contributed by atoms with Crippen LogP contribution in [0, 0.1) is 0 Å². The molecule has 0 aromatic heterocycles. The van der Waals surface area contributed by atoms with Gasteiger partial charge in [-0.2, -0.15) is 0 Å². The number of Topliss-reactive ketones (excluding diaryl/α,β-unsaturated/α-hetero) is 1. The fraction of sp³-hybridized carbons (Fsp3) is 0.154. The summed E-state index contributed by atoms with van der Waals surface area (Å²) in [6, 6.07) is 4.68. The Balaban J connectivity index is 3.38. The van der Waals surface area contributed by atoms with Crippen molar-refractivity contribution in [3.8, 4) is 0 Å². The van der Waals surface area contributed by atoms with Crippen LogP contribution in [0.4, 0.5) is 0 Å². The van der Waals surface area contributed by atoms with Crippen LogP contribution in [0.25, 0.3) is 6.08 Å². The summed E-state index contributed by atoms with van der Waals surface area (Å²) >= 11 is 3.16. The molecule has 1 atom stereocenters. The highest BCUT2D eigenvalue weighted by Gasteiger charge is 2.16. The smallest absolute Gasteiger partial charge is 0.328 e. The van der Waals surface area contributed by atoms with Gasteiger partial charge in [-0.25, -0.2) is 4.79 Å². The predicted molar refractivity (Wildman–Crippen MR) is 71.2 cm³/mol. The molecule has 1 N–H and O–H groups in total. The summed E-state index contributed by atoms with van der Waals surface area (Å²) in [5.74, 6) is -1.34. The summed E-state index contributed by atoms with van der Waals surface area (Å²) in [6.45, 7) is 1.67. The fourth-order valence-electron chi connectivity index (χ4n) is 1.46. The molecule has 0 fully saturated rings. The lowest BCUT2D eigenvalue weighted by atomic mass is 9.97. The Morgan fingerprint density at radius 2 is 2.06 bits per heavy atom. The zero-order valence-corrected chi connectivity index (χ0v) is 11.2. The van der Waals surface area contributed by atoms with Crippen molar-refractivity contribution in [2.24, 2.45) is 0 Å². The normalized spacial score (nSPS) is 12.3. The second-order valence-corrected chi connectivity index (χ2v) is 4.95. The third-order valence-corrected chi connectivity index (χ3v) is 2.70. The highest BCUT2D eigenvalue weighted by Crippen LogP contribution is 2.19. The van der Waals surface area contributed by atoms with Gasteiger partial charge in [-0.3, -0.25) is 9.59 Å². The van der Waals surface area contributed by atoms with Crippen molar-refractivity contribution in [1.82, 2.24) is 0 Å². The number of aliphatic carboxylic acids is 1. The van der Waals surface area contributed by atoms with Crippen molar-refractivity contribution in [1.29, 1.82) is 0 Å². The molecule has 5 heteroatoms. The van der Waals surface area contributed by atoms with Crippen LogP contribution in [-0.2, 0) is 4.79 Å². The Morgan fingerprint density at radius 1 is 1.39 bits per heavy atom. The number of ketones is 1. The van der Waals surface area contributed by atoms with Crippen molar-refractivity contribution >= 4 is 40.0 Å². The van der Waals surface area contributed by atoms with Gasteiger partial charge in [-0.05, 0) is 18.6 Å². The van der Waals surface area contributed by atoms with E-state index in [1.807, 2.05) is 0 Å². The lowest BCUT2D eigenvalue weighted by Gasteiger charge is -2.08. The van der Waals surface area contributed by atoms with Gasteiger partial charge in [-0.15, -0.1) is 0 Å². The number of carbonyl (C=O) groups is 3. The molecule has 0 spiro atoms. The summed E-state index contributed by atoms with van der Waals surface area (Å²) < 4.78 is 0. The Kier molecular flexibility index (Phi) is 4.97. The maximum Gasteiger partial charge on any atom is 0.328 e. The number of hydrogen-bond acceptors (Lipinski definition) is 3. The summed E-state index contributed by atoms with van der Waals surface area (Å²) in [7, 11) is 0. The molecule has 4 nitrogen and oxygen atoms in total. The van der Waals surface area contributed by atoms with Gasteiger partial charge in [0.2, 0.25) is 0 Å². The fourth-order valence-corrected chi connectivity index (χ4v) is 1.70. The van der Waals surface area contributed by atoms with Crippen LogP contribution in [-0.4, -0.2) is 28.0 Å². The molecule has 1 rings (SSSR count). The van der Waals surface area contributed by atoms with E-state index in [0.29, 0.717) is 17.4 Å². The van der Waals surface area contributed by atoms with Crippen molar-refractivity contribution in [3.05, 3.63) is 41.0 Å². The van der Waals surface area contributed by atoms with E-state index < -0.39 is 10.8 Å². The number of aldehydes is 1. The monoisotopic (exact) mass is 310 g/mol. The second kappa shape index (κ2) is 6.26. The van der Waals surface area contributed by atoms with Crippen molar-refractivity contribution in [3.63, 3.8) is 0 Å². The van der Waals surface area contributed by atoms with E-state index in [9.17, 15) is 14.4 Å². The number of halogens is 1. The summed E-state index contributed by atoms with van der Waals surface area (Å²) in [6.07, 6.45) is 2.75. The minimum atomic E-state index is -1.14. The summed E-state index contributed by atoms with van der Waals surface area (Å²) in [5, 5.41) is 8.61. The van der Waals surface area contributed by atoms with Gasteiger partial charge in [0.05, 0.1) is 4.83 Å². The van der Waals surface area contributed by atoms with E-state index in [4.69, 9.17) is 5.11 Å². The average Bonchev–Trinajstić information content (AvgIpc) is 2.34. The topological polar surface area (TPSA) is 71.4 Å². The molecular formula is C13H11BrO4. The van der Waals surface area contributed by atoms with Gasteiger partial charge in [0, 0.05) is 17.2 Å². The van der Waals surface area contributed by atoms with Gasteiger partial charge in [0.1, 0.15) is 0 Å². The van der Waals surface area contributed by atoms with Crippen LogP contribution in [0.5, 0.6) is 0 Å². The Labute approximate surface area is 112 Å². The summed E-state index contributed by atoms with van der Waals surface area (Å²) in [4.78, 5) is 33.0. The Hall–Kier alpha value is -1.75. The van der Waals surface area contributed by atoms with Crippen molar-refractivity contribution < 1.29 is 19.5 Å². The van der Waals surface area contributed by atoms with Gasteiger partial charge in [-0.1, -0.05) is 34.1 Å². The molecule has 0 amide bonds. The number of alkyl halides is 1.